The molecule has 92 valence electrons. The topological polar surface area (TPSA) is 72.3 Å². The van der Waals surface area contributed by atoms with Gasteiger partial charge in [-0.15, -0.1) is 11.6 Å². The minimum Gasteiger partial charge on any atom is -0.340 e. The molecule has 3 aromatic rings. The van der Waals surface area contributed by atoms with Crippen LogP contribution in [0.4, 0.5) is 0 Å². The number of hydrogen-bond acceptors (Lipinski definition) is 4. The summed E-state index contributed by atoms with van der Waals surface area (Å²) in [5.41, 5.74) is 2.56. The van der Waals surface area contributed by atoms with E-state index in [1.807, 2.05) is 12.4 Å². The molecule has 0 aromatic carbocycles. The number of rotatable bonds is 4. The van der Waals surface area contributed by atoms with Crippen LogP contribution in [-0.4, -0.2) is 35.6 Å². The summed E-state index contributed by atoms with van der Waals surface area (Å²) in [6.45, 7) is 0. The van der Waals surface area contributed by atoms with E-state index in [1.54, 1.807) is 11.0 Å². The molecule has 0 radical (unpaired) electrons. The summed E-state index contributed by atoms with van der Waals surface area (Å²) in [6, 6.07) is 0. The van der Waals surface area contributed by atoms with Gasteiger partial charge >= 0.3 is 0 Å². The minimum atomic E-state index is 0.637. The fraction of sp³-hybridized carbons (Fsp3) is 0.273. The molecular weight excluding hydrogens is 252 g/mol. The second-order valence-corrected chi connectivity index (χ2v) is 4.26. The molecule has 0 aliphatic carbocycles. The van der Waals surface area contributed by atoms with E-state index in [2.05, 4.69) is 25.0 Å². The van der Waals surface area contributed by atoms with Gasteiger partial charge in [0.15, 0.2) is 11.5 Å². The zero-order valence-corrected chi connectivity index (χ0v) is 10.3. The molecule has 0 aliphatic heterocycles. The molecule has 0 spiro atoms. The number of alkyl halides is 1. The molecule has 0 atom stereocenters. The Morgan fingerprint density at radius 2 is 2.22 bits per heavy atom. The van der Waals surface area contributed by atoms with Gasteiger partial charge in [0.1, 0.15) is 11.8 Å². The van der Waals surface area contributed by atoms with Crippen LogP contribution in [0.25, 0.3) is 17.0 Å². The van der Waals surface area contributed by atoms with E-state index in [9.17, 15) is 0 Å². The highest BCUT2D eigenvalue weighted by atomic mass is 35.5. The Morgan fingerprint density at radius 1 is 1.28 bits per heavy atom. The Morgan fingerprint density at radius 3 is 3.11 bits per heavy atom. The van der Waals surface area contributed by atoms with Crippen molar-refractivity contribution in [1.82, 2.24) is 29.7 Å². The standard InChI is InChI=1S/C11H11ClN6/c12-3-1-2-8-4-17-18(5-8)11-9-10(14-6-13-9)15-7-16-11/h4-7H,1-3H2,(H,13,14,15,16). The van der Waals surface area contributed by atoms with E-state index in [1.165, 1.54) is 6.33 Å². The molecule has 0 saturated carbocycles. The summed E-state index contributed by atoms with van der Waals surface area (Å²) >= 11 is 5.68. The van der Waals surface area contributed by atoms with Crippen molar-refractivity contribution in [3.63, 3.8) is 0 Å². The monoisotopic (exact) mass is 262 g/mol. The average Bonchev–Trinajstić information content (AvgIpc) is 3.04. The van der Waals surface area contributed by atoms with Crippen LogP contribution in [0.3, 0.4) is 0 Å². The lowest BCUT2D eigenvalue weighted by molar-refractivity contribution is 0.846. The van der Waals surface area contributed by atoms with Gasteiger partial charge in [0.05, 0.1) is 12.5 Å². The van der Waals surface area contributed by atoms with Crippen LogP contribution in [0.5, 0.6) is 0 Å². The number of aromatic nitrogens is 6. The normalized spacial score (nSPS) is 11.2. The third-order valence-corrected chi connectivity index (χ3v) is 2.92. The first-order valence-corrected chi connectivity index (χ1v) is 6.16. The van der Waals surface area contributed by atoms with E-state index in [4.69, 9.17) is 11.6 Å². The lowest BCUT2D eigenvalue weighted by atomic mass is 10.2. The van der Waals surface area contributed by atoms with E-state index in [0.29, 0.717) is 17.3 Å². The van der Waals surface area contributed by atoms with E-state index in [-0.39, 0.29) is 0 Å². The van der Waals surface area contributed by atoms with Gasteiger partial charge in [-0.1, -0.05) is 0 Å². The summed E-state index contributed by atoms with van der Waals surface area (Å²) < 4.78 is 1.73. The van der Waals surface area contributed by atoms with Crippen molar-refractivity contribution >= 4 is 22.8 Å². The van der Waals surface area contributed by atoms with Crippen LogP contribution in [-0.2, 0) is 6.42 Å². The molecule has 0 amide bonds. The highest BCUT2D eigenvalue weighted by Gasteiger charge is 2.09. The summed E-state index contributed by atoms with van der Waals surface area (Å²) in [7, 11) is 0. The van der Waals surface area contributed by atoms with Crippen molar-refractivity contribution in [2.24, 2.45) is 0 Å². The third kappa shape index (κ3) is 1.95. The number of aryl methyl sites for hydroxylation is 1. The van der Waals surface area contributed by atoms with Crippen LogP contribution in [0.15, 0.2) is 25.0 Å². The SMILES string of the molecule is ClCCCc1cnn(-c2ncnc3nc[nH]c23)c1. The Labute approximate surface area is 108 Å². The van der Waals surface area contributed by atoms with Gasteiger partial charge in [-0.3, -0.25) is 0 Å². The van der Waals surface area contributed by atoms with Gasteiger partial charge in [-0.25, -0.2) is 19.6 Å². The van der Waals surface area contributed by atoms with Gasteiger partial charge in [-0.05, 0) is 18.4 Å². The molecule has 7 heteroatoms. The molecule has 3 aromatic heterocycles. The molecule has 0 bridgehead atoms. The van der Waals surface area contributed by atoms with Crippen molar-refractivity contribution in [3.8, 4) is 5.82 Å². The van der Waals surface area contributed by atoms with Crippen LogP contribution in [0.1, 0.15) is 12.0 Å². The van der Waals surface area contributed by atoms with Gasteiger partial charge < -0.3 is 4.98 Å². The number of hydrogen-bond donors (Lipinski definition) is 1. The van der Waals surface area contributed by atoms with Crippen LogP contribution < -0.4 is 0 Å². The molecule has 0 unspecified atom stereocenters. The van der Waals surface area contributed by atoms with E-state index < -0.39 is 0 Å². The maximum Gasteiger partial charge on any atom is 0.182 e. The zero-order chi connectivity index (χ0) is 12.4. The van der Waals surface area contributed by atoms with Gasteiger partial charge in [0, 0.05) is 12.1 Å². The van der Waals surface area contributed by atoms with Gasteiger partial charge in [0.2, 0.25) is 0 Å². The van der Waals surface area contributed by atoms with Gasteiger partial charge in [0.25, 0.3) is 0 Å². The predicted molar refractivity (Wildman–Crippen MR) is 67.8 cm³/mol. The second kappa shape index (κ2) is 4.73. The molecule has 0 aliphatic rings. The van der Waals surface area contributed by atoms with Crippen LogP contribution in [0, 0.1) is 0 Å². The number of fused-ring (bicyclic) bond motifs is 1. The molecule has 3 rings (SSSR count). The van der Waals surface area contributed by atoms with Crippen molar-refractivity contribution in [1.29, 1.82) is 0 Å². The first-order chi connectivity index (χ1) is 8.88. The molecule has 3 heterocycles. The molecular formula is C11H11ClN6. The average molecular weight is 263 g/mol. The highest BCUT2D eigenvalue weighted by molar-refractivity contribution is 6.17. The third-order valence-electron chi connectivity index (χ3n) is 2.66. The second-order valence-electron chi connectivity index (χ2n) is 3.88. The smallest absolute Gasteiger partial charge is 0.182 e. The summed E-state index contributed by atoms with van der Waals surface area (Å²) in [5, 5.41) is 4.30. The Hall–Kier alpha value is -1.95. The van der Waals surface area contributed by atoms with Crippen molar-refractivity contribution in [3.05, 3.63) is 30.6 Å². The molecule has 6 nitrogen and oxygen atoms in total. The van der Waals surface area contributed by atoms with Gasteiger partial charge in [-0.2, -0.15) is 5.10 Å². The van der Waals surface area contributed by atoms with Crippen molar-refractivity contribution in [2.75, 3.05) is 5.88 Å². The Balaban J connectivity index is 1.98. The first kappa shape index (κ1) is 11.2. The number of nitrogens with zero attached hydrogens (tertiary/aromatic N) is 5. The summed E-state index contributed by atoms with van der Waals surface area (Å²) in [6.07, 6.45) is 8.72. The number of halogens is 1. The summed E-state index contributed by atoms with van der Waals surface area (Å²) in [5.74, 6) is 1.36. The fourth-order valence-corrected chi connectivity index (χ4v) is 1.94. The van der Waals surface area contributed by atoms with Crippen molar-refractivity contribution < 1.29 is 0 Å². The quantitative estimate of drug-likeness (QED) is 0.727. The highest BCUT2D eigenvalue weighted by Crippen LogP contribution is 2.14. The number of aromatic amines is 1. The zero-order valence-electron chi connectivity index (χ0n) is 9.54. The number of H-pyrrole nitrogens is 1. The Kier molecular flexibility index (Phi) is 2.93. The summed E-state index contributed by atoms with van der Waals surface area (Å²) in [4.78, 5) is 15.4. The van der Waals surface area contributed by atoms with Crippen LogP contribution in [0.2, 0.25) is 0 Å². The maximum atomic E-state index is 5.68. The van der Waals surface area contributed by atoms with Crippen molar-refractivity contribution in [2.45, 2.75) is 12.8 Å². The lowest BCUT2D eigenvalue weighted by Crippen LogP contribution is -1.99. The fourth-order valence-electron chi connectivity index (χ4n) is 1.80. The Bertz CT molecular complexity index is 658. The van der Waals surface area contributed by atoms with Crippen LogP contribution >= 0.6 is 11.6 Å². The predicted octanol–water partition coefficient (Wildman–Crippen LogP) is 1.71. The molecule has 1 N–H and O–H groups in total. The van der Waals surface area contributed by atoms with E-state index >= 15 is 0 Å². The first-order valence-electron chi connectivity index (χ1n) is 5.62. The lowest BCUT2D eigenvalue weighted by Gasteiger charge is -2.00. The number of nitrogens with one attached hydrogen (secondary N) is 1. The minimum absolute atomic E-state index is 0.637. The van der Waals surface area contributed by atoms with E-state index in [0.717, 1.165) is 23.9 Å². The number of imidazole rings is 1. The molecule has 0 fully saturated rings. The maximum absolute atomic E-state index is 5.68. The molecule has 0 saturated heterocycles. The molecule has 18 heavy (non-hydrogen) atoms. The largest absolute Gasteiger partial charge is 0.340 e.